The van der Waals surface area contributed by atoms with E-state index in [2.05, 4.69) is 4.98 Å². The van der Waals surface area contributed by atoms with Crippen LogP contribution in [0, 0.1) is 25.5 Å². The first kappa shape index (κ1) is 15.8. The molecule has 0 aliphatic carbocycles. The minimum atomic E-state index is -1.34. The van der Waals surface area contributed by atoms with E-state index >= 15 is 0 Å². The lowest BCUT2D eigenvalue weighted by Crippen LogP contribution is -2.24. The van der Waals surface area contributed by atoms with Crippen molar-refractivity contribution in [3.8, 4) is 0 Å². The van der Waals surface area contributed by atoms with Crippen molar-refractivity contribution in [3.63, 3.8) is 0 Å². The topological polar surface area (TPSA) is 55.1 Å². The lowest BCUT2D eigenvalue weighted by Gasteiger charge is -2.13. The van der Waals surface area contributed by atoms with E-state index in [4.69, 9.17) is 0 Å². The third-order valence-corrected chi connectivity index (χ3v) is 4.96. The zero-order chi connectivity index (χ0) is 16.7. The molecular formula is C16H14F2N2O2S. The molecule has 7 heteroatoms. The molecule has 0 amide bonds. The molecule has 120 valence electrons. The average molecular weight is 336 g/mol. The molecule has 1 atom stereocenters. The Balaban J connectivity index is 2.01. The van der Waals surface area contributed by atoms with Gasteiger partial charge >= 0.3 is 0 Å². The third kappa shape index (κ3) is 2.77. The molecule has 1 N–H and O–H groups in total. The Morgan fingerprint density at radius 3 is 2.83 bits per heavy atom. The fourth-order valence-corrected chi connectivity index (χ4v) is 3.44. The van der Waals surface area contributed by atoms with E-state index in [0.717, 1.165) is 28.6 Å². The molecule has 3 aromatic rings. The quantitative estimate of drug-likeness (QED) is 0.800. The summed E-state index contributed by atoms with van der Waals surface area (Å²) in [6, 6.07) is 2.85. The van der Waals surface area contributed by atoms with Gasteiger partial charge in [0.25, 0.3) is 5.56 Å². The van der Waals surface area contributed by atoms with Crippen LogP contribution in [0.4, 0.5) is 8.78 Å². The molecule has 0 aliphatic heterocycles. The van der Waals surface area contributed by atoms with Gasteiger partial charge in [-0.1, -0.05) is 0 Å². The minimum Gasteiger partial charge on any atom is -0.386 e. The molecule has 1 aromatic carbocycles. The number of aliphatic hydroxyl groups excluding tert-OH is 1. The second-order valence-corrected chi connectivity index (χ2v) is 6.55. The standard InChI is InChI=1S/C16H14F2N2O2S/c1-8-9(2)23-15-14(8)16(22)20(7-19-15)6-13(21)11-5-10(17)3-4-12(11)18/h3-5,7,13,21H,6H2,1-2H3. The number of aryl methyl sites for hydroxylation is 2. The smallest absolute Gasteiger partial charge is 0.262 e. The van der Waals surface area contributed by atoms with E-state index in [1.54, 1.807) is 0 Å². The van der Waals surface area contributed by atoms with E-state index in [0.29, 0.717) is 10.2 Å². The van der Waals surface area contributed by atoms with E-state index in [-0.39, 0.29) is 17.7 Å². The summed E-state index contributed by atoms with van der Waals surface area (Å²) >= 11 is 1.42. The van der Waals surface area contributed by atoms with Crippen LogP contribution < -0.4 is 5.56 Å². The molecule has 23 heavy (non-hydrogen) atoms. The number of hydrogen-bond acceptors (Lipinski definition) is 4. The average Bonchev–Trinajstić information content (AvgIpc) is 2.80. The van der Waals surface area contributed by atoms with Gasteiger partial charge in [-0.15, -0.1) is 11.3 Å². The Labute approximate surface area is 134 Å². The molecule has 0 saturated carbocycles. The molecular weight excluding hydrogens is 322 g/mol. The van der Waals surface area contributed by atoms with Gasteiger partial charge in [0.15, 0.2) is 0 Å². The van der Waals surface area contributed by atoms with E-state index in [9.17, 15) is 18.7 Å². The van der Waals surface area contributed by atoms with Crippen LogP contribution in [0.5, 0.6) is 0 Å². The second-order valence-electron chi connectivity index (χ2n) is 5.35. The molecule has 3 rings (SSSR count). The third-order valence-electron chi connectivity index (χ3n) is 3.84. The molecule has 0 saturated heterocycles. The van der Waals surface area contributed by atoms with Gasteiger partial charge in [-0.25, -0.2) is 13.8 Å². The Morgan fingerprint density at radius 2 is 2.09 bits per heavy atom. The summed E-state index contributed by atoms with van der Waals surface area (Å²) in [4.78, 5) is 18.4. The van der Waals surface area contributed by atoms with E-state index < -0.39 is 17.7 Å². The van der Waals surface area contributed by atoms with Crippen LogP contribution in [-0.4, -0.2) is 14.7 Å². The van der Waals surface area contributed by atoms with Crippen LogP contribution >= 0.6 is 11.3 Å². The molecule has 1 unspecified atom stereocenters. The second kappa shape index (κ2) is 5.82. The predicted molar refractivity (Wildman–Crippen MR) is 84.7 cm³/mol. The number of halogens is 2. The van der Waals surface area contributed by atoms with Crippen molar-refractivity contribution in [2.45, 2.75) is 26.5 Å². The summed E-state index contributed by atoms with van der Waals surface area (Å²) < 4.78 is 28.2. The molecule has 0 spiro atoms. The number of fused-ring (bicyclic) bond motifs is 1. The maximum absolute atomic E-state index is 13.7. The SMILES string of the molecule is Cc1sc2ncn(CC(O)c3cc(F)ccc3F)c(=O)c2c1C. The maximum atomic E-state index is 13.7. The number of aromatic nitrogens is 2. The fourth-order valence-electron chi connectivity index (χ4n) is 2.45. The zero-order valence-corrected chi connectivity index (χ0v) is 13.3. The fraction of sp³-hybridized carbons (Fsp3) is 0.250. The van der Waals surface area contributed by atoms with Crippen molar-refractivity contribution < 1.29 is 13.9 Å². The zero-order valence-electron chi connectivity index (χ0n) is 12.5. The van der Waals surface area contributed by atoms with Crippen molar-refractivity contribution in [1.29, 1.82) is 0 Å². The number of nitrogens with zero attached hydrogens (tertiary/aromatic N) is 2. The summed E-state index contributed by atoms with van der Waals surface area (Å²) in [6.45, 7) is 3.54. The number of thiophene rings is 1. The van der Waals surface area contributed by atoms with Gasteiger partial charge in [-0.2, -0.15) is 0 Å². The Kier molecular flexibility index (Phi) is 3.99. The van der Waals surface area contributed by atoms with Gasteiger partial charge in [-0.3, -0.25) is 9.36 Å². The highest BCUT2D eigenvalue weighted by Gasteiger charge is 2.17. The van der Waals surface area contributed by atoms with Crippen molar-refractivity contribution >= 4 is 21.6 Å². The summed E-state index contributed by atoms with van der Waals surface area (Å²) in [5.74, 6) is -1.37. The number of hydrogen-bond donors (Lipinski definition) is 1. The first-order valence-corrected chi connectivity index (χ1v) is 7.78. The van der Waals surface area contributed by atoms with Crippen molar-refractivity contribution in [2.24, 2.45) is 0 Å². The van der Waals surface area contributed by atoms with Gasteiger partial charge in [0.05, 0.1) is 24.4 Å². The van der Waals surface area contributed by atoms with Crippen LogP contribution in [0.2, 0.25) is 0 Å². The highest BCUT2D eigenvalue weighted by Crippen LogP contribution is 2.26. The van der Waals surface area contributed by atoms with Crippen LogP contribution in [0.1, 0.15) is 22.1 Å². The van der Waals surface area contributed by atoms with Crippen LogP contribution in [0.15, 0.2) is 29.3 Å². The van der Waals surface area contributed by atoms with E-state index in [1.165, 1.54) is 22.2 Å². The predicted octanol–water partition coefficient (Wildman–Crippen LogP) is 3.09. The van der Waals surface area contributed by atoms with Crippen molar-refractivity contribution in [3.05, 3.63) is 62.5 Å². The first-order valence-electron chi connectivity index (χ1n) is 6.96. The van der Waals surface area contributed by atoms with Gasteiger partial charge in [0, 0.05) is 10.4 Å². The van der Waals surface area contributed by atoms with Crippen LogP contribution in [0.3, 0.4) is 0 Å². The minimum absolute atomic E-state index is 0.185. The normalized spacial score (nSPS) is 12.7. The van der Waals surface area contributed by atoms with Crippen molar-refractivity contribution in [2.75, 3.05) is 0 Å². The molecule has 2 aromatic heterocycles. The van der Waals surface area contributed by atoms with Crippen molar-refractivity contribution in [1.82, 2.24) is 9.55 Å². The summed E-state index contributed by atoms with van der Waals surface area (Å²) in [7, 11) is 0. The highest BCUT2D eigenvalue weighted by molar-refractivity contribution is 7.18. The number of aliphatic hydroxyl groups is 1. The van der Waals surface area contributed by atoms with Gasteiger partial charge in [0.2, 0.25) is 0 Å². The summed E-state index contributed by atoms with van der Waals surface area (Å²) in [6.07, 6.45) is -0.0248. The Hall–Kier alpha value is -2.12. The number of benzene rings is 1. The largest absolute Gasteiger partial charge is 0.386 e. The maximum Gasteiger partial charge on any atom is 0.262 e. The van der Waals surface area contributed by atoms with Gasteiger partial charge in [-0.05, 0) is 37.6 Å². The Bertz CT molecular complexity index is 949. The van der Waals surface area contributed by atoms with Gasteiger partial charge in [0.1, 0.15) is 16.5 Å². The lowest BCUT2D eigenvalue weighted by molar-refractivity contribution is 0.150. The Morgan fingerprint density at radius 1 is 1.35 bits per heavy atom. The first-order chi connectivity index (χ1) is 10.9. The summed E-state index contributed by atoms with van der Waals surface area (Å²) in [5, 5.41) is 10.7. The molecule has 0 aliphatic rings. The molecule has 4 nitrogen and oxygen atoms in total. The highest BCUT2D eigenvalue weighted by atomic mass is 32.1. The van der Waals surface area contributed by atoms with Gasteiger partial charge < -0.3 is 5.11 Å². The van der Waals surface area contributed by atoms with Crippen LogP contribution in [0.25, 0.3) is 10.2 Å². The molecule has 0 fully saturated rings. The molecule has 2 heterocycles. The van der Waals surface area contributed by atoms with E-state index in [1.807, 2.05) is 13.8 Å². The summed E-state index contributed by atoms with van der Waals surface area (Å²) in [5.41, 5.74) is 0.367. The lowest BCUT2D eigenvalue weighted by atomic mass is 10.1. The molecule has 0 bridgehead atoms. The monoisotopic (exact) mass is 336 g/mol. The van der Waals surface area contributed by atoms with Crippen LogP contribution in [-0.2, 0) is 6.54 Å². The number of rotatable bonds is 3. The molecule has 0 radical (unpaired) electrons.